The maximum atomic E-state index is 6.17. The number of hydrogen-bond acceptors (Lipinski definition) is 3. The molecule has 1 aliphatic carbocycles. The van der Waals surface area contributed by atoms with Crippen molar-refractivity contribution < 1.29 is 9.47 Å². The standard InChI is InChI=1S/C12H23NO2/c13-11(12-9-14-6-7-15-12)8-10-4-2-1-3-5-10/h10-12H,1-9,13H2/t11-,12-/m1/s1. The smallest absolute Gasteiger partial charge is 0.0960 e. The van der Waals surface area contributed by atoms with E-state index >= 15 is 0 Å². The Labute approximate surface area is 92.3 Å². The summed E-state index contributed by atoms with van der Waals surface area (Å²) in [7, 11) is 0. The first-order valence-electron chi connectivity index (χ1n) is 6.31. The summed E-state index contributed by atoms with van der Waals surface area (Å²) in [5.41, 5.74) is 6.17. The molecule has 0 spiro atoms. The van der Waals surface area contributed by atoms with Gasteiger partial charge in [-0.25, -0.2) is 0 Å². The summed E-state index contributed by atoms with van der Waals surface area (Å²) in [4.78, 5) is 0. The first-order valence-corrected chi connectivity index (χ1v) is 6.31. The van der Waals surface area contributed by atoms with Gasteiger partial charge in [0.05, 0.1) is 25.9 Å². The van der Waals surface area contributed by atoms with Gasteiger partial charge in [-0.05, 0) is 12.3 Å². The predicted molar refractivity (Wildman–Crippen MR) is 59.7 cm³/mol. The van der Waals surface area contributed by atoms with Crippen LogP contribution in [0.4, 0.5) is 0 Å². The molecule has 2 fully saturated rings. The average Bonchev–Trinajstić information content (AvgIpc) is 2.31. The van der Waals surface area contributed by atoms with Crippen molar-refractivity contribution in [2.45, 2.75) is 50.7 Å². The van der Waals surface area contributed by atoms with E-state index in [9.17, 15) is 0 Å². The van der Waals surface area contributed by atoms with Gasteiger partial charge in [-0.3, -0.25) is 0 Å². The topological polar surface area (TPSA) is 44.5 Å². The molecule has 0 bridgehead atoms. The Hall–Kier alpha value is -0.120. The molecule has 0 radical (unpaired) electrons. The maximum Gasteiger partial charge on any atom is 0.0960 e. The minimum atomic E-state index is 0.140. The molecule has 2 atom stereocenters. The number of hydrogen-bond donors (Lipinski definition) is 1. The molecular weight excluding hydrogens is 190 g/mol. The maximum absolute atomic E-state index is 6.17. The van der Waals surface area contributed by atoms with Crippen molar-refractivity contribution in [3.8, 4) is 0 Å². The molecule has 1 saturated carbocycles. The lowest BCUT2D eigenvalue weighted by Crippen LogP contribution is -2.44. The zero-order valence-electron chi connectivity index (χ0n) is 9.49. The fraction of sp³-hybridized carbons (Fsp3) is 1.00. The van der Waals surface area contributed by atoms with Crippen LogP contribution in [0.25, 0.3) is 0 Å². The van der Waals surface area contributed by atoms with E-state index in [1.165, 1.54) is 32.1 Å². The Bertz CT molecular complexity index is 174. The van der Waals surface area contributed by atoms with Crippen molar-refractivity contribution in [2.24, 2.45) is 11.7 Å². The predicted octanol–water partition coefficient (Wildman–Crippen LogP) is 1.70. The Morgan fingerprint density at radius 3 is 2.60 bits per heavy atom. The Kier molecular flexibility index (Phi) is 4.42. The van der Waals surface area contributed by atoms with Gasteiger partial charge in [0, 0.05) is 6.04 Å². The molecule has 88 valence electrons. The van der Waals surface area contributed by atoms with E-state index in [1.54, 1.807) is 0 Å². The fourth-order valence-corrected chi connectivity index (χ4v) is 2.71. The van der Waals surface area contributed by atoms with E-state index in [0.29, 0.717) is 13.2 Å². The molecule has 1 heterocycles. The van der Waals surface area contributed by atoms with Crippen molar-refractivity contribution in [3.05, 3.63) is 0 Å². The molecule has 15 heavy (non-hydrogen) atoms. The van der Waals surface area contributed by atoms with E-state index in [-0.39, 0.29) is 12.1 Å². The highest BCUT2D eigenvalue weighted by atomic mass is 16.6. The summed E-state index contributed by atoms with van der Waals surface area (Å²) < 4.78 is 11.0. The lowest BCUT2D eigenvalue weighted by atomic mass is 9.84. The van der Waals surface area contributed by atoms with Gasteiger partial charge in [0.25, 0.3) is 0 Å². The first kappa shape index (κ1) is 11.4. The zero-order chi connectivity index (χ0) is 10.5. The summed E-state index contributed by atoms with van der Waals surface area (Å²) >= 11 is 0. The van der Waals surface area contributed by atoms with Crippen molar-refractivity contribution in [3.63, 3.8) is 0 Å². The van der Waals surface area contributed by atoms with Gasteiger partial charge < -0.3 is 15.2 Å². The average molecular weight is 213 g/mol. The van der Waals surface area contributed by atoms with Crippen molar-refractivity contribution in [2.75, 3.05) is 19.8 Å². The van der Waals surface area contributed by atoms with Gasteiger partial charge >= 0.3 is 0 Å². The van der Waals surface area contributed by atoms with Crippen molar-refractivity contribution in [1.29, 1.82) is 0 Å². The number of rotatable bonds is 3. The minimum absolute atomic E-state index is 0.140. The quantitative estimate of drug-likeness (QED) is 0.776. The third-order valence-corrected chi connectivity index (χ3v) is 3.65. The van der Waals surface area contributed by atoms with E-state index in [4.69, 9.17) is 15.2 Å². The lowest BCUT2D eigenvalue weighted by Gasteiger charge is -2.31. The van der Waals surface area contributed by atoms with Gasteiger partial charge in [-0.15, -0.1) is 0 Å². The summed E-state index contributed by atoms with van der Waals surface area (Å²) in [5, 5.41) is 0. The molecule has 2 rings (SSSR count). The fourth-order valence-electron chi connectivity index (χ4n) is 2.71. The van der Waals surface area contributed by atoms with Gasteiger partial charge in [0.2, 0.25) is 0 Å². The number of nitrogens with two attached hydrogens (primary N) is 1. The van der Waals surface area contributed by atoms with E-state index in [1.807, 2.05) is 0 Å². The molecule has 0 aromatic carbocycles. The highest BCUT2D eigenvalue weighted by molar-refractivity contribution is 4.79. The van der Waals surface area contributed by atoms with E-state index < -0.39 is 0 Å². The van der Waals surface area contributed by atoms with Crippen LogP contribution in [-0.4, -0.2) is 32.0 Å². The molecule has 3 nitrogen and oxygen atoms in total. The zero-order valence-corrected chi connectivity index (χ0v) is 9.49. The normalized spacial score (nSPS) is 31.4. The van der Waals surface area contributed by atoms with E-state index in [0.717, 1.165) is 18.9 Å². The van der Waals surface area contributed by atoms with E-state index in [2.05, 4.69) is 0 Å². The van der Waals surface area contributed by atoms with Crippen LogP contribution >= 0.6 is 0 Å². The molecular formula is C12H23NO2. The van der Waals surface area contributed by atoms with Crippen LogP contribution in [0.1, 0.15) is 38.5 Å². The molecule has 2 aliphatic rings. The number of ether oxygens (including phenoxy) is 2. The lowest BCUT2D eigenvalue weighted by molar-refractivity contribution is -0.0993. The second-order valence-electron chi connectivity index (χ2n) is 4.89. The molecule has 0 unspecified atom stereocenters. The molecule has 1 aliphatic heterocycles. The molecule has 2 N–H and O–H groups in total. The third-order valence-electron chi connectivity index (χ3n) is 3.65. The Morgan fingerprint density at radius 1 is 1.13 bits per heavy atom. The molecule has 0 amide bonds. The van der Waals surface area contributed by atoms with Crippen molar-refractivity contribution in [1.82, 2.24) is 0 Å². The van der Waals surface area contributed by atoms with Gasteiger partial charge in [-0.2, -0.15) is 0 Å². The van der Waals surface area contributed by atoms with Crippen LogP contribution in [0.5, 0.6) is 0 Å². The first-order chi connectivity index (χ1) is 7.36. The SMILES string of the molecule is N[C@H](CC1CCCCC1)[C@H]1COCCO1. The monoisotopic (exact) mass is 213 g/mol. The highest BCUT2D eigenvalue weighted by Crippen LogP contribution is 2.28. The van der Waals surface area contributed by atoms with Crippen LogP contribution in [0.2, 0.25) is 0 Å². The third kappa shape index (κ3) is 3.44. The van der Waals surface area contributed by atoms with Crippen LogP contribution in [0.3, 0.4) is 0 Å². The van der Waals surface area contributed by atoms with Crippen LogP contribution in [-0.2, 0) is 9.47 Å². The second-order valence-corrected chi connectivity index (χ2v) is 4.89. The summed E-state index contributed by atoms with van der Waals surface area (Å²) in [6.07, 6.45) is 8.17. The summed E-state index contributed by atoms with van der Waals surface area (Å²) in [6.45, 7) is 2.13. The van der Waals surface area contributed by atoms with Crippen molar-refractivity contribution >= 4 is 0 Å². The van der Waals surface area contributed by atoms with Gasteiger partial charge in [0.1, 0.15) is 0 Å². The highest BCUT2D eigenvalue weighted by Gasteiger charge is 2.25. The van der Waals surface area contributed by atoms with Gasteiger partial charge in [0.15, 0.2) is 0 Å². The summed E-state index contributed by atoms with van der Waals surface area (Å²) in [6, 6.07) is 0.174. The van der Waals surface area contributed by atoms with Crippen LogP contribution < -0.4 is 5.73 Å². The minimum Gasteiger partial charge on any atom is -0.376 e. The second kappa shape index (κ2) is 5.83. The largest absolute Gasteiger partial charge is 0.376 e. The molecule has 0 aromatic rings. The van der Waals surface area contributed by atoms with Gasteiger partial charge in [-0.1, -0.05) is 32.1 Å². The Morgan fingerprint density at radius 2 is 1.93 bits per heavy atom. The van der Waals surface area contributed by atoms with Crippen LogP contribution in [0.15, 0.2) is 0 Å². The molecule has 3 heteroatoms. The van der Waals surface area contributed by atoms with Crippen LogP contribution in [0, 0.1) is 5.92 Å². The molecule has 1 saturated heterocycles. The Balaban J connectivity index is 1.72. The molecule has 0 aromatic heterocycles. The summed E-state index contributed by atoms with van der Waals surface area (Å²) in [5.74, 6) is 0.833.